The van der Waals surface area contributed by atoms with Crippen LogP contribution in [0, 0.1) is 16.7 Å². The quantitative estimate of drug-likeness (QED) is 0.454. The first-order chi connectivity index (χ1) is 8.43. The first-order valence-corrected chi connectivity index (χ1v) is 7.58. The second-order valence-electron chi connectivity index (χ2n) is 7.30. The van der Waals surface area contributed by atoms with Crippen molar-refractivity contribution >= 4 is 0 Å². The third kappa shape index (κ3) is 2.25. The van der Waals surface area contributed by atoms with E-state index in [0.717, 1.165) is 0 Å². The van der Waals surface area contributed by atoms with Crippen molar-refractivity contribution in [3.8, 4) is 0 Å². The number of hydrogen-bond donors (Lipinski definition) is 2. The topological polar surface area (TPSA) is 38.0 Å². The summed E-state index contributed by atoms with van der Waals surface area (Å²) in [4.78, 5) is 0. The third-order valence-corrected chi connectivity index (χ3v) is 5.87. The van der Waals surface area contributed by atoms with Crippen molar-refractivity contribution in [3.63, 3.8) is 0 Å². The summed E-state index contributed by atoms with van der Waals surface area (Å²) in [6, 6.07) is 0.382. The van der Waals surface area contributed by atoms with Crippen molar-refractivity contribution in [3.05, 3.63) is 11.6 Å². The van der Waals surface area contributed by atoms with Gasteiger partial charge in [-0.2, -0.15) is 0 Å². The molecule has 0 radical (unpaired) electrons. The Kier molecular flexibility index (Phi) is 3.89. The lowest BCUT2D eigenvalue weighted by molar-refractivity contribution is 0.432. The minimum absolute atomic E-state index is 0.382. The van der Waals surface area contributed by atoms with Gasteiger partial charge >= 0.3 is 0 Å². The highest BCUT2D eigenvalue weighted by molar-refractivity contribution is 5.25. The van der Waals surface area contributed by atoms with Gasteiger partial charge in [0.25, 0.3) is 0 Å². The van der Waals surface area contributed by atoms with Crippen LogP contribution in [0.3, 0.4) is 0 Å². The summed E-state index contributed by atoms with van der Waals surface area (Å²) in [5, 5.41) is 0. The van der Waals surface area contributed by atoms with Crippen molar-refractivity contribution in [2.45, 2.75) is 72.3 Å². The van der Waals surface area contributed by atoms with E-state index in [0.29, 0.717) is 22.8 Å². The molecule has 2 rings (SSSR count). The Morgan fingerprint density at radius 2 is 1.72 bits per heavy atom. The zero-order valence-corrected chi connectivity index (χ0v) is 12.6. The smallest absolute Gasteiger partial charge is 0.0458 e. The van der Waals surface area contributed by atoms with E-state index in [-0.39, 0.29) is 0 Å². The fraction of sp³-hybridized carbons (Fsp3) is 0.875. The molecule has 0 amide bonds. The Labute approximate surface area is 112 Å². The van der Waals surface area contributed by atoms with E-state index in [4.69, 9.17) is 5.84 Å². The van der Waals surface area contributed by atoms with Crippen molar-refractivity contribution in [1.82, 2.24) is 5.43 Å². The van der Waals surface area contributed by atoms with E-state index in [9.17, 15) is 0 Å². The van der Waals surface area contributed by atoms with Gasteiger partial charge in [-0.25, -0.2) is 0 Å². The Bertz CT molecular complexity index is 314. The fourth-order valence-corrected chi connectivity index (χ4v) is 4.00. The highest BCUT2D eigenvalue weighted by Gasteiger charge is 2.67. The van der Waals surface area contributed by atoms with Gasteiger partial charge in [0, 0.05) is 6.04 Å². The molecular formula is C16H30N2. The van der Waals surface area contributed by atoms with E-state index < -0.39 is 0 Å². The molecule has 0 aromatic carbocycles. The predicted molar refractivity (Wildman–Crippen MR) is 77.9 cm³/mol. The second kappa shape index (κ2) is 4.97. The lowest BCUT2D eigenvalue weighted by Gasteiger charge is -2.23. The summed E-state index contributed by atoms with van der Waals surface area (Å²) in [5.74, 6) is 6.55. The Balaban J connectivity index is 2.14. The molecule has 104 valence electrons. The van der Waals surface area contributed by atoms with Crippen LogP contribution in [0.15, 0.2) is 11.6 Å². The molecule has 1 unspecified atom stereocenters. The monoisotopic (exact) mass is 250 g/mol. The molecular weight excluding hydrogens is 220 g/mol. The zero-order chi connectivity index (χ0) is 13.4. The molecule has 18 heavy (non-hydrogen) atoms. The van der Waals surface area contributed by atoms with Crippen molar-refractivity contribution in [1.29, 1.82) is 0 Å². The van der Waals surface area contributed by atoms with Gasteiger partial charge in [-0.05, 0) is 42.4 Å². The van der Waals surface area contributed by atoms with E-state index >= 15 is 0 Å². The van der Waals surface area contributed by atoms with Crippen LogP contribution in [0.1, 0.15) is 66.2 Å². The number of allylic oxidation sites excluding steroid dienone is 1. The highest BCUT2D eigenvalue weighted by Crippen LogP contribution is 2.70. The van der Waals surface area contributed by atoms with Gasteiger partial charge in [0.05, 0.1) is 0 Å². The van der Waals surface area contributed by atoms with Gasteiger partial charge in [-0.1, -0.05) is 52.2 Å². The molecule has 0 saturated heterocycles. The summed E-state index contributed by atoms with van der Waals surface area (Å²) in [6.07, 6.45) is 10.4. The summed E-state index contributed by atoms with van der Waals surface area (Å²) in [6.45, 7) is 9.52. The average molecular weight is 250 g/mol. The minimum Gasteiger partial charge on any atom is -0.271 e. The second-order valence-corrected chi connectivity index (χ2v) is 7.30. The first kappa shape index (κ1) is 14.1. The maximum absolute atomic E-state index is 5.89. The van der Waals surface area contributed by atoms with Gasteiger partial charge in [-0.15, -0.1) is 0 Å². The van der Waals surface area contributed by atoms with Crippen LogP contribution >= 0.6 is 0 Å². The normalized spacial score (nSPS) is 29.1. The molecule has 1 atom stereocenters. The standard InChI is InChI=1S/C16H30N2/c1-15(2)14(16(15,3)4)13(18-17)12-10-8-6-5-7-9-11-12/h10,13-14,18H,5-9,11,17H2,1-4H3. The van der Waals surface area contributed by atoms with Crippen molar-refractivity contribution < 1.29 is 0 Å². The van der Waals surface area contributed by atoms with Crippen LogP contribution in [-0.2, 0) is 0 Å². The Hall–Kier alpha value is -0.340. The zero-order valence-electron chi connectivity index (χ0n) is 12.6. The molecule has 0 aromatic heterocycles. The summed E-state index contributed by atoms with van der Waals surface area (Å²) < 4.78 is 0. The fourth-order valence-electron chi connectivity index (χ4n) is 4.00. The largest absolute Gasteiger partial charge is 0.271 e. The molecule has 0 aliphatic heterocycles. The van der Waals surface area contributed by atoms with Crippen LogP contribution in [0.4, 0.5) is 0 Å². The van der Waals surface area contributed by atoms with Gasteiger partial charge in [-0.3, -0.25) is 11.3 Å². The van der Waals surface area contributed by atoms with Crippen LogP contribution in [0.25, 0.3) is 0 Å². The molecule has 0 aromatic rings. The summed E-state index contributed by atoms with van der Waals surface area (Å²) in [5.41, 5.74) is 5.49. The highest BCUT2D eigenvalue weighted by atomic mass is 15.2. The van der Waals surface area contributed by atoms with Gasteiger partial charge in [0.2, 0.25) is 0 Å². The molecule has 2 heteroatoms. The lowest BCUT2D eigenvalue weighted by Crippen LogP contribution is -2.40. The van der Waals surface area contributed by atoms with Crippen LogP contribution in [-0.4, -0.2) is 6.04 Å². The minimum atomic E-state index is 0.382. The maximum Gasteiger partial charge on any atom is 0.0458 e. The predicted octanol–water partition coefficient (Wildman–Crippen LogP) is 3.78. The van der Waals surface area contributed by atoms with Crippen LogP contribution in [0.5, 0.6) is 0 Å². The van der Waals surface area contributed by atoms with Gasteiger partial charge in [0.1, 0.15) is 0 Å². The Morgan fingerprint density at radius 3 is 2.28 bits per heavy atom. The van der Waals surface area contributed by atoms with Gasteiger partial charge < -0.3 is 0 Å². The lowest BCUT2D eigenvalue weighted by atomic mass is 9.90. The number of rotatable bonds is 3. The van der Waals surface area contributed by atoms with Crippen LogP contribution in [0.2, 0.25) is 0 Å². The van der Waals surface area contributed by atoms with E-state index in [1.807, 2.05) is 0 Å². The molecule has 3 N–H and O–H groups in total. The van der Waals surface area contributed by atoms with E-state index in [2.05, 4.69) is 39.2 Å². The van der Waals surface area contributed by atoms with E-state index in [1.54, 1.807) is 5.57 Å². The maximum atomic E-state index is 5.89. The molecule has 0 bridgehead atoms. The SMILES string of the molecule is CC1(C)C(C(NN)C2=CCCCCCC2)C1(C)C. The van der Waals surface area contributed by atoms with Crippen molar-refractivity contribution in [2.75, 3.05) is 0 Å². The molecule has 0 heterocycles. The van der Waals surface area contributed by atoms with Crippen molar-refractivity contribution in [2.24, 2.45) is 22.6 Å². The van der Waals surface area contributed by atoms with Crippen LogP contribution < -0.4 is 11.3 Å². The first-order valence-electron chi connectivity index (χ1n) is 7.58. The molecule has 1 fully saturated rings. The molecule has 2 nitrogen and oxygen atoms in total. The molecule has 2 aliphatic carbocycles. The van der Waals surface area contributed by atoms with E-state index in [1.165, 1.54) is 38.5 Å². The number of nitrogens with one attached hydrogen (secondary N) is 1. The summed E-state index contributed by atoms with van der Waals surface area (Å²) >= 11 is 0. The molecule has 0 spiro atoms. The molecule has 1 saturated carbocycles. The number of hydrazine groups is 1. The Morgan fingerprint density at radius 1 is 1.11 bits per heavy atom. The molecule has 2 aliphatic rings. The number of hydrogen-bond acceptors (Lipinski definition) is 2. The van der Waals surface area contributed by atoms with Gasteiger partial charge in [0.15, 0.2) is 0 Å². The summed E-state index contributed by atoms with van der Waals surface area (Å²) in [7, 11) is 0. The third-order valence-electron chi connectivity index (χ3n) is 5.87. The average Bonchev–Trinajstić information content (AvgIpc) is 2.64. The number of nitrogens with two attached hydrogens (primary N) is 1.